The third-order valence-electron chi connectivity index (χ3n) is 10.9. The maximum atomic E-state index is 7.02. The van der Waals surface area contributed by atoms with Crippen molar-refractivity contribution in [2.24, 2.45) is 5.92 Å². The van der Waals surface area contributed by atoms with Crippen molar-refractivity contribution in [3.05, 3.63) is 130 Å². The molecule has 1 spiro atoms. The largest absolute Gasteiger partial charge is 0.481 e. The molecular formula is C44H54ClNO4SSi. The van der Waals surface area contributed by atoms with Crippen LogP contribution in [0.25, 0.3) is 5.57 Å². The van der Waals surface area contributed by atoms with Gasteiger partial charge in [-0.2, -0.15) is 0 Å². The molecule has 276 valence electrons. The molecule has 8 heteroatoms. The number of halogens is 1. The van der Waals surface area contributed by atoms with Crippen LogP contribution in [-0.4, -0.2) is 38.6 Å². The highest BCUT2D eigenvalue weighted by Crippen LogP contribution is 2.55. The van der Waals surface area contributed by atoms with Gasteiger partial charge in [0.2, 0.25) is 5.88 Å². The molecule has 2 heterocycles. The Balaban J connectivity index is 1.24. The number of thioether (sulfide) groups is 1. The molecular weight excluding hydrogens is 702 g/mol. The number of aryl methyl sites for hydroxylation is 1. The average Bonchev–Trinajstić information content (AvgIpc) is 3.73. The van der Waals surface area contributed by atoms with Crippen molar-refractivity contribution in [1.82, 2.24) is 4.98 Å². The van der Waals surface area contributed by atoms with Gasteiger partial charge in [-0.1, -0.05) is 118 Å². The van der Waals surface area contributed by atoms with Crippen LogP contribution in [0.5, 0.6) is 5.88 Å². The van der Waals surface area contributed by atoms with Crippen molar-refractivity contribution >= 4 is 37.3 Å². The molecule has 2 fully saturated rings. The molecule has 0 unspecified atom stereocenters. The summed E-state index contributed by atoms with van der Waals surface area (Å²) in [6.07, 6.45) is 6.34. The predicted octanol–water partition coefficient (Wildman–Crippen LogP) is 12.3. The fraction of sp³-hybridized carbons (Fsp3) is 0.432. The maximum absolute atomic E-state index is 7.02. The van der Waals surface area contributed by atoms with Crippen LogP contribution in [0.15, 0.2) is 102 Å². The van der Waals surface area contributed by atoms with Crippen LogP contribution in [0.3, 0.4) is 0 Å². The lowest BCUT2D eigenvalue weighted by Gasteiger charge is -2.36. The number of nitrogens with zero attached hydrogens (tertiary/aromatic N) is 1. The quantitative estimate of drug-likeness (QED) is 0.0769. The number of hydrogen-bond donors (Lipinski definition) is 0. The average molecular weight is 757 g/mol. The van der Waals surface area contributed by atoms with E-state index < -0.39 is 14.1 Å². The minimum Gasteiger partial charge on any atom is -0.481 e. The van der Waals surface area contributed by atoms with Crippen LogP contribution < -0.4 is 4.74 Å². The van der Waals surface area contributed by atoms with E-state index in [2.05, 4.69) is 126 Å². The molecule has 3 aromatic carbocycles. The second kappa shape index (κ2) is 16.6. The van der Waals surface area contributed by atoms with Gasteiger partial charge in [0.1, 0.15) is 12.2 Å². The number of rotatable bonds is 13. The lowest BCUT2D eigenvalue weighted by atomic mass is 9.95. The molecule has 52 heavy (non-hydrogen) atoms. The number of ether oxygens (including phenoxy) is 3. The van der Waals surface area contributed by atoms with Gasteiger partial charge in [-0.25, -0.2) is 4.98 Å². The molecule has 1 saturated heterocycles. The number of aromatic nitrogens is 1. The lowest BCUT2D eigenvalue weighted by molar-refractivity contribution is -0.171. The smallest absolute Gasteiger partial charge is 0.216 e. The summed E-state index contributed by atoms with van der Waals surface area (Å²) in [5.74, 6) is 1.15. The Kier molecular flexibility index (Phi) is 12.4. The normalized spacial score (nSPS) is 20.5. The lowest BCUT2D eigenvalue weighted by Crippen LogP contribution is -2.41. The summed E-state index contributed by atoms with van der Waals surface area (Å²) >= 11 is 8.81. The van der Waals surface area contributed by atoms with Crippen molar-refractivity contribution in [2.45, 2.75) is 101 Å². The Hall–Kier alpha value is -2.91. The molecule has 0 amide bonds. The van der Waals surface area contributed by atoms with Crippen LogP contribution in [0.2, 0.25) is 23.2 Å². The highest BCUT2D eigenvalue weighted by Gasteiger charge is 2.52. The SMILES string of the molecule is CCc1ccc(/C(=C/[C@H]2CCC3(C2)O[C@H](c2ccccc2)[C@@H](c2ccccc2)O3)c2ccc(SCCCO[Si](C)(C)C(C)(C)C)c(Cl)c2)nc1OC. The van der Waals surface area contributed by atoms with Crippen LogP contribution in [0.4, 0.5) is 0 Å². The molecule has 5 nitrogen and oxygen atoms in total. The van der Waals surface area contributed by atoms with E-state index in [-0.39, 0.29) is 23.2 Å². The van der Waals surface area contributed by atoms with Crippen LogP contribution in [-0.2, 0) is 20.3 Å². The number of pyridine rings is 1. The van der Waals surface area contributed by atoms with Gasteiger partial charge in [0.05, 0.1) is 17.8 Å². The molecule has 0 bridgehead atoms. The van der Waals surface area contributed by atoms with Gasteiger partial charge < -0.3 is 18.6 Å². The summed E-state index contributed by atoms with van der Waals surface area (Å²) in [6.45, 7) is 14.4. The summed E-state index contributed by atoms with van der Waals surface area (Å²) in [5.41, 5.74) is 6.30. The zero-order chi connectivity index (χ0) is 36.9. The minimum atomic E-state index is -1.75. The molecule has 6 rings (SSSR count). The van der Waals surface area contributed by atoms with Crippen molar-refractivity contribution in [1.29, 1.82) is 0 Å². The zero-order valence-corrected chi connectivity index (χ0v) is 34.4. The highest BCUT2D eigenvalue weighted by molar-refractivity contribution is 7.99. The van der Waals surface area contributed by atoms with Crippen molar-refractivity contribution in [3.8, 4) is 5.88 Å². The predicted molar refractivity (Wildman–Crippen MR) is 218 cm³/mol. The summed E-state index contributed by atoms with van der Waals surface area (Å²) in [5, 5.41) is 0.962. The van der Waals surface area contributed by atoms with E-state index in [1.165, 1.54) is 0 Å². The molecule has 1 saturated carbocycles. The Morgan fingerprint density at radius 1 is 0.962 bits per heavy atom. The molecule has 1 aliphatic carbocycles. The van der Waals surface area contributed by atoms with Gasteiger partial charge in [0, 0.05) is 41.2 Å². The number of benzene rings is 3. The van der Waals surface area contributed by atoms with Gasteiger partial charge in [-0.3, -0.25) is 0 Å². The third kappa shape index (κ3) is 8.89. The van der Waals surface area contributed by atoms with E-state index in [0.29, 0.717) is 5.88 Å². The number of hydrogen-bond acceptors (Lipinski definition) is 6. The maximum Gasteiger partial charge on any atom is 0.216 e. The minimum absolute atomic E-state index is 0.180. The Morgan fingerprint density at radius 3 is 2.19 bits per heavy atom. The molecule has 4 aromatic rings. The van der Waals surface area contributed by atoms with Crippen molar-refractivity contribution in [2.75, 3.05) is 19.5 Å². The molecule has 2 aliphatic rings. The second-order valence-electron chi connectivity index (χ2n) is 15.6. The first-order valence-electron chi connectivity index (χ1n) is 18.7. The summed E-state index contributed by atoms with van der Waals surface area (Å²) in [4.78, 5) is 6.10. The number of methoxy groups -OCH3 is 1. The second-order valence-corrected chi connectivity index (χ2v) is 21.9. The Bertz CT molecular complexity index is 1780. The van der Waals surface area contributed by atoms with E-state index in [1.54, 1.807) is 18.9 Å². The summed E-state index contributed by atoms with van der Waals surface area (Å²) in [7, 11) is -0.0561. The molecule has 3 atom stereocenters. The zero-order valence-electron chi connectivity index (χ0n) is 31.8. The van der Waals surface area contributed by atoms with Crippen molar-refractivity contribution < 1.29 is 18.6 Å². The molecule has 1 aromatic heterocycles. The van der Waals surface area contributed by atoms with E-state index >= 15 is 0 Å². The van der Waals surface area contributed by atoms with Crippen LogP contribution >= 0.6 is 23.4 Å². The monoisotopic (exact) mass is 755 g/mol. The highest BCUT2D eigenvalue weighted by atomic mass is 35.5. The van der Waals surface area contributed by atoms with Gasteiger partial charge in [0.25, 0.3) is 0 Å². The topological polar surface area (TPSA) is 49.8 Å². The fourth-order valence-electron chi connectivity index (χ4n) is 6.95. The van der Waals surface area contributed by atoms with E-state index in [4.69, 9.17) is 35.2 Å². The first-order valence-corrected chi connectivity index (χ1v) is 23.0. The molecule has 1 aliphatic heterocycles. The first-order chi connectivity index (χ1) is 24.9. The fourth-order valence-corrected chi connectivity index (χ4v) is 9.23. The first kappa shape index (κ1) is 38.8. The van der Waals surface area contributed by atoms with Crippen molar-refractivity contribution in [3.63, 3.8) is 0 Å². The third-order valence-corrected chi connectivity index (χ3v) is 17.1. The van der Waals surface area contributed by atoms with E-state index in [1.807, 2.05) is 12.1 Å². The number of allylic oxidation sites excluding steroid dienone is 1. The summed E-state index contributed by atoms with van der Waals surface area (Å²) < 4.78 is 26.1. The van der Waals surface area contributed by atoms with Gasteiger partial charge in [0.15, 0.2) is 14.1 Å². The molecule has 0 radical (unpaired) electrons. The van der Waals surface area contributed by atoms with E-state index in [9.17, 15) is 0 Å². The Morgan fingerprint density at radius 2 is 1.62 bits per heavy atom. The van der Waals surface area contributed by atoms with Gasteiger partial charge in [-0.15, -0.1) is 11.8 Å². The standard InChI is InChI=1S/C44H54ClNO4SSi/c1-8-32-20-22-38(46-42(32)47-5)36(35-21-23-39(37(45)29-35)51-27-15-26-48-52(6,7)43(2,3)4)28-31-24-25-44(30-31)49-40(33-16-11-9-12-17-33)41(50-44)34-18-13-10-14-19-34/h9-14,16-23,28-29,31,40-41H,8,15,24-27,30H2,1-7H3/b36-28+/t31-,40-,41-/m1/s1. The van der Waals surface area contributed by atoms with Crippen LogP contribution in [0, 0.1) is 5.92 Å². The van der Waals surface area contributed by atoms with Gasteiger partial charge in [-0.05, 0) is 78.2 Å². The summed E-state index contributed by atoms with van der Waals surface area (Å²) in [6, 6.07) is 31.6. The van der Waals surface area contributed by atoms with Crippen LogP contribution in [0.1, 0.15) is 93.5 Å². The van der Waals surface area contributed by atoms with E-state index in [0.717, 1.165) is 87.9 Å². The Labute approximate surface area is 321 Å². The molecule has 0 N–H and O–H groups in total. The van der Waals surface area contributed by atoms with Gasteiger partial charge >= 0.3 is 0 Å².